The average molecular weight is 293 g/mol. The molecule has 0 aliphatic rings. The fourth-order valence-electron chi connectivity index (χ4n) is 1.79. The highest BCUT2D eigenvalue weighted by Gasteiger charge is 2.02. The summed E-state index contributed by atoms with van der Waals surface area (Å²) in [6, 6.07) is 8.05. The van der Waals surface area contributed by atoms with Crippen molar-refractivity contribution in [1.82, 2.24) is 5.32 Å². The van der Waals surface area contributed by atoms with E-state index >= 15 is 0 Å². The summed E-state index contributed by atoms with van der Waals surface area (Å²) in [5, 5.41) is 2.66. The van der Waals surface area contributed by atoms with Gasteiger partial charge in [0, 0.05) is 13.5 Å². The molecule has 0 aromatic heterocycles. The molecule has 21 heavy (non-hydrogen) atoms. The molecule has 0 heterocycles. The monoisotopic (exact) mass is 293 g/mol. The number of rotatable bonds is 9. The number of aryl methyl sites for hydroxylation is 1. The van der Waals surface area contributed by atoms with Gasteiger partial charge < -0.3 is 14.8 Å². The van der Waals surface area contributed by atoms with Crippen molar-refractivity contribution in [3.05, 3.63) is 29.8 Å². The molecule has 116 valence electrons. The maximum absolute atomic E-state index is 11.3. The molecule has 1 aromatic rings. The fraction of sp³-hybridized carbons (Fsp3) is 0.500. The van der Waals surface area contributed by atoms with Gasteiger partial charge in [-0.3, -0.25) is 9.59 Å². The van der Waals surface area contributed by atoms with Crippen LogP contribution in [0.5, 0.6) is 5.75 Å². The van der Waals surface area contributed by atoms with Crippen LogP contribution in [0.25, 0.3) is 0 Å². The third-order valence-corrected chi connectivity index (χ3v) is 2.76. The minimum absolute atomic E-state index is 0.227. The van der Waals surface area contributed by atoms with Gasteiger partial charge in [0.25, 0.3) is 5.91 Å². The van der Waals surface area contributed by atoms with Gasteiger partial charge in [-0.2, -0.15) is 0 Å². The van der Waals surface area contributed by atoms with Crippen LogP contribution in [0, 0.1) is 0 Å². The van der Waals surface area contributed by atoms with Crippen LogP contribution in [0.2, 0.25) is 0 Å². The molecule has 0 spiro atoms. The zero-order valence-corrected chi connectivity index (χ0v) is 12.7. The number of esters is 1. The maximum atomic E-state index is 11.3. The summed E-state index contributed by atoms with van der Waals surface area (Å²) in [6.07, 6.45) is 2.85. The molecular formula is C16H23NO4. The highest BCUT2D eigenvalue weighted by Crippen LogP contribution is 2.14. The lowest BCUT2D eigenvalue weighted by molar-refractivity contribution is -0.146. The summed E-state index contributed by atoms with van der Waals surface area (Å²) in [6.45, 7) is 4.22. The normalized spacial score (nSPS) is 10.0. The second-order valence-corrected chi connectivity index (χ2v) is 4.73. The Kier molecular flexibility index (Phi) is 7.94. The van der Waals surface area contributed by atoms with Crippen molar-refractivity contribution in [3.63, 3.8) is 0 Å². The minimum Gasteiger partial charge on any atom is -0.494 e. The van der Waals surface area contributed by atoms with Crippen molar-refractivity contribution in [2.75, 3.05) is 19.8 Å². The van der Waals surface area contributed by atoms with Gasteiger partial charge in [-0.05, 0) is 30.5 Å². The average Bonchev–Trinajstić information content (AvgIpc) is 2.45. The standard InChI is InChI=1S/C16H23NO4/c1-3-6-14-7-4-8-15(11-14)20-10-5-9-17-16(19)12-21-13(2)18/h4,7-8,11H,3,5-6,9-10,12H2,1-2H3,(H,17,19). The van der Waals surface area contributed by atoms with Crippen LogP contribution in [0.3, 0.4) is 0 Å². The predicted molar refractivity (Wildman–Crippen MR) is 80.2 cm³/mol. The Balaban J connectivity index is 2.15. The first-order valence-corrected chi connectivity index (χ1v) is 7.23. The van der Waals surface area contributed by atoms with Crippen LogP contribution in [0.15, 0.2) is 24.3 Å². The van der Waals surface area contributed by atoms with E-state index in [1.807, 2.05) is 18.2 Å². The van der Waals surface area contributed by atoms with Crippen molar-refractivity contribution in [3.8, 4) is 5.75 Å². The van der Waals surface area contributed by atoms with E-state index < -0.39 is 5.97 Å². The summed E-state index contributed by atoms with van der Waals surface area (Å²) < 4.78 is 10.2. The van der Waals surface area contributed by atoms with Crippen LogP contribution >= 0.6 is 0 Å². The Bertz CT molecular complexity index is 459. The summed E-state index contributed by atoms with van der Waals surface area (Å²) >= 11 is 0. The molecule has 0 atom stereocenters. The molecular weight excluding hydrogens is 270 g/mol. The zero-order chi connectivity index (χ0) is 15.5. The van der Waals surface area contributed by atoms with Crippen molar-refractivity contribution in [1.29, 1.82) is 0 Å². The van der Waals surface area contributed by atoms with Crippen molar-refractivity contribution in [2.45, 2.75) is 33.1 Å². The van der Waals surface area contributed by atoms with E-state index in [0.29, 0.717) is 19.6 Å². The Morgan fingerprint density at radius 1 is 1.29 bits per heavy atom. The lowest BCUT2D eigenvalue weighted by Crippen LogP contribution is -2.29. The number of carbonyl (C=O) groups excluding carboxylic acids is 2. The van der Waals surface area contributed by atoms with Crippen molar-refractivity contribution >= 4 is 11.9 Å². The largest absolute Gasteiger partial charge is 0.494 e. The van der Waals surface area contributed by atoms with E-state index in [4.69, 9.17) is 4.74 Å². The lowest BCUT2D eigenvalue weighted by Gasteiger charge is -2.08. The summed E-state index contributed by atoms with van der Waals surface area (Å²) in [5.74, 6) is 0.0998. The topological polar surface area (TPSA) is 64.6 Å². The molecule has 5 heteroatoms. The minimum atomic E-state index is -0.458. The molecule has 1 amide bonds. The van der Waals surface area contributed by atoms with E-state index in [1.165, 1.54) is 12.5 Å². The Labute approximate surface area is 125 Å². The smallest absolute Gasteiger partial charge is 0.303 e. The number of carbonyl (C=O) groups is 2. The van der Waals surface area contributed by atoms with Gasteiger partial charge in [0.2, 0.25) is 0 Å². The number of amides is 1. The van der Waals surface area contributed by atoms with Crippen LogP contribution in [-0.2, 0) is 20.7 Å². The second-order valence-electron chi connectivity index (χ2n) is 4.73. The molecule has 0 saturated carbocycles. The zero-order valence-electron chi connectivity index (χ0n) is 12.7. The van der Waals surface area contributed by atoms with Crippen LogP contribution in [0.4, 0.5) is 0 Å². The van der Waals surface area contributed by atoms with Gasteiger partial charge in [-0.15, -0.1) is 0 Å². The fourth-order valence-corrected chi connectivity index (χ4v) is 1.79. The Morgan fingerprint density at radius 2 is 2.10 bits per heavy atom. The summed E-state index contributed by atoms with van der Waals surface area (Å²) in [4.78, 5) is 21.8. The lowest BCUT2D eigenvalue weighted by atomic mass is 10.1. The number of benzene rings is 1. The highest BCUT2D eigenvalue weighted by molar-refractivity contribution is 5.79. The molecule has 0 unspecified atom stereocenters. The van der Waals surface area contributed by atoms with Gasteiger partial charge in [0.1, 0.15) is 5.75 Å². The molecule has 0 aliphatic heterocycles. The van der Waals surface area contributed by atoms with Gasteiger partial charge in [-0.25, -0.2) is 0 Å². The third kappa shape index (κ3) is 7.97. The first-order chi connectivity index (χ1) is 10.1. The van der Waals surface area contributed by atoms with E-state index in [1.54, 1.807) is 0 Å². The second kappa shape index (κ2) is 9.80. The molecule has 1 N–H and O–H groups in total. The van der Waals surface area contributed by atoms with E-state index in [9.17, 15) is 9.59 Å². The van der Waals surface area contributed by atoms with E-state index in [2.05, 4.69) is 23.0 Å². The first-order valence-electron chi connectivity index (χ1n) is 7.23. The van der Waals surface area contributed by atoms with Gasteiger partial charge in [-0.1, -0.05) is 25.5 Å². The number of hydrogen-bond acceptors (Lipinski definition) is 4. The molecule has 0 saturated heterocycles. The highest BCUT2D eigenvalue weighted by atomic mass is 16.5. The Hall–Kier alpha value is -2.04. The predicted octanol–water partition coefficient (Wildman–Crippen LogP) is 2.09. The molecule has 1 aromatic carbocycles. The number of hydrogen-bond donors (Lipinski definition) is 1. The van der Waals surface area contributed by atoms with Crippen LogP contribution in [0.1, 0.15) is 32.3 Å². The maximum Gasteiger partial charge on any atom is 0.303 e. The van der Waals surface area contributed by atoms with Crippen molar-refractivity contribution < 1.29 is 19.1 Å². The van der Waals surface area contributed by atoms with Gasteiger partial charge in [0.15, 0.2) is 6.61 Å². The SMILES string of the molecule is CCCc1cccc(OCCCNC(=O)COC(C)=O)c1. The summed E-state index contributed by atoms with van der Waals surface area (Å²) in [5.41, 5.74) is 1.27. The quantitative estimate of drug-likeness (QED) is 0.559. The van der Waals surface area contributed by atoms with E-state index in [0.717, 1.165) is 18.6 Å². The third-order valence-electron chi connectivity index (χ3n) is 2.76. The molecule has 0 fully saturated rings. The number of nitrogens with one attached hydrogen (secondary N) is 1. The molecule has 0 radical (unpaired) electrons. The van der Waals surface area contributed by atoms with Gasteiger partial charge >= 0.3 is 5.97 Å². The molecule has 0 aliphatic carbocycles. The molecule has 1 rings (SSSR count). The molecule has 5 nitrogen and oxygen atoms in total. The molecule has 0 bridgehead atoms. The Morgan fingerprint density at radius 3 is 2.81 bits per heavy atom. The van der Waals surface area contributed by atoms with Crippen LogP contribution in [-0.4, -0.2) is 31.6 Å². The van der Waals surface area contributed by atoms with Crippen LogP contribution < -0.4 is 10.1 Å². The van der Waals surface area contributed by atoms with Gasteiger partial charge in [0.05, 0.1) is 6.61 Å². The summed E-state index contributed by atoms with van der Waals surface area (Å²) in [7, 11) is 0. The number of ether oxygens (including phenoxy) is 2. The van der Waals surface area contributed by atoms with Crippen molar-refractivity contribution in [2.24, 2.45) is 0 Å². The first kappa shape index (κ1) is 17.0. The van der Waals surface area contributed by atoms with E-state index in [-0.39, 0.29) is 12.5 Å².